The van der Waals surface area contributed by atoms with Crippen LogP contribution in [0.1, 0.15) is 13.8 Å². The van der Waals surface area contributed by atoms with Crippen LogP contribution in [0.3, 0.4) is 0 Å². The summed E-state index contributed by atoms with van der Waals surface area (Å²) in [6, 6.07) is 0. The molecule has 0 amide bonds. The minimum absolute atomic E-state index is 0.102. The number of hydrogen-bond acceptors (Lipinski definition) is 2. The summed E-state index contributed by atoms with van der Waals surface area (Å²) in [5.41, 5.74) is 6.17. The van der Waals surface area contributed by atoms with Gasteiger partial charge in [0.15, 0.2) is 5.96 Å². The number of rotatable bonds is 2. The Balaban J connectivity index is 3.95. The summed E-state index contributed by atoms with van der Waals surface area (Å²) in [5.74, 6) is -0.102. The monoisotopic (exact) mass is 140 g/mol. The minimum Gasteiger partial charge on any atom is -0.370 e. The fourth-order valence-electron chi connectivity index (χ4n) is 0.573. The molecule has 4 heteroatoms. The average Bonchev–Trinajstić information content (AvgIpc) is 1.58. The normalized spacial score (nSPS) is 10.8. The van der Waals surface area contributed by atoms with E-state index in [0.29, 0.717) is 11.4 Å². The molecule has 0 heterocycles. The van der Waals surface area contributed by atoms with Crippen LogP contribution in [-0.4, -0.2) is 11.7 Å². The fourth-order valence-corrected chi connectivity index (χ4v) is 0.573. The molecule has 56 valence electrons. The lowest BCUT2D eigenvalue weighted by molar-refractivity contribution is 1.08. The zero-order valence-electron chi connectivity index (χ0n) is 6.15. The molecule has 0 aromatic rings. The first kappa shape index (κ1) is 8.68. The highest BCUT2D eigenvalue weighted by atomic mass is 15.0. The fraction of sp³-hybridized carbons (Fsp3) is 0.333. The van der Waals surface area contributed by atoms with Crippen LogP contribution in [0.5, 0.6) is 0 Å². The highest BCUT2D eigenvalue weighted by Gasteiger charge is 1.88. The molecule has 0 aliphatic carbocycles. The molecule has 10 heavy (non-hydrogen) atoms. The van der Waals surface area contributed by atoms with E-state index >= 15 is 0 Å². The molecule has 0 aromatic heterocycles. The Morgan fingerprint density at radius 1 is 1.40 bits per heavy atom. The Morgan fingerprint density at radius 2 is 1.90 bits per heavy atom. The second-order valence-corrected chi connectivity index (χ2v) is 2.05. The molecule has 0 aliphatic rings. The highest BCUT2D eigenvalue weighted by molar-refractivity contribution is 5.91. The smallest absolute Gasteiger partial charge is 0.189 e. The summed E-state index contributed by atoms with van der Waals surface area (Å²) >= 11 is 0. The van der Waals surface area contributed by atoms with Crippen molar-refractivity contribution in [3.05, 3.63) is 11.8 Å². The summed E-state index contributed by atoms with van der Waals surface area (Å²) in [7, 11) is 0. The molecule has 0 unspecified atom stereocenters. The van der Waals surface area contributed by atoms with Crippen molar-refractivity contribution in [3.63, 3.8) is 0 Å². The SMILES string of the molecule is CC(=N)/C=C(/C)NC(=N)N. The van der Waals surface area contributed by atoms with E-state index < -0.39 is 0 Å². The van der Waals surface area contributed by atoms with E-state index in [0.717, 1.165) is 0 Å². The molecule has 0 fully saturated rings. The predicted octanol–water partition coefficient (Wildman–Crippen LogP) is 0.413. The molecule has 0 saturated carbocycles. The van der Waals surface area contributed by atoms with Crippen molar-refractivity contribution in [3.8, 4) is 0 Å². The molecule has 4 nitrogen and oxygen atoms in total. The molecule has 0 aromatic carbocycles. The first-order chi connectivity index (χ1) is 4.52. The minimum atomic E-state index is -0.102. The maximum absolute atomic E-state index is 7.04. The van der Waals surface area contributed by atoms with Crippen molar-refractivity contribution in [2.75, 3.05) is 0 Å². The molecule has 0 atom stereocenters. The topological polar surface area (TPSA) is 85.8 Å². The quantitative estimate of drug-likeness (QED) is 0.331. The van der Waals surface area contributed by atoms with Gasteiger partial charge in [0.25, 0.3) is 0 Å². The van der Waals surface area contributed by atoms with E-state index in [1.165, 1.54) is 0 Å². The van der Waals surface area contributed by atoms with Crippen molar-refractivity contribution in [2.45, 2.75) is 13.8 Å². The van der Waals surface area contributed by atoms with Crippen molar-refractivity contribution in [1.82, 2.24) is 5.32 Å². The first-order valence-electron chi connectivity index (χ1n) is 2.87. The lowest BCUT2D eigenvalue weighted by Gasteiger charge is -2.01. The third-order valence-electron chi connectivity index (χ3n) is 0.765. The molecular weight excluding hydrogens is 128 g/mol. The number of nitrogens with one attached hydrogen (secondary N) is 3. The summed E-state index contributed by atoms with van der Waals surface area (Å²) < 4.78 is 0. The molecule has 0 bridgehead atoms. The van der Waals surface area contributed by atoms with Crippen molar-refractivity contribution in [1.29, 1.82) is 10.8 Å². The maximum atomic E-state index is 7.04. The Morgan fingerprint density at radius 3 is 2.20 bits per heavy atom. The third kappa shape index (κ3) is 4.83. The molecular formula is C6H12N4. The van der Waals surface area contributed by atoms with E-state index in [1.54, 1.807) is 19.9 Å². The summed E-state index contributed by atoms with van der Waals surface area (Å²) in [6.45, 7) is 3.41. The first-order valence-corrected chi connectivity index (χ1v) is 2.87. The van der Waals surface area contributed by atoms with Crippen LogP contribution in [0.4, 0.5) is 0 Å². The number of hydrogen-bond donors (Lipinski definition) is 4. The number of allylic oxidation sites excluding steroid dienone is 2. The van der Waals surface area contributed by atoms with Gasteiger partial charge in [-0.05, 0) is 19.9 Å². The predicted molar refractivity (Wildman–Crippen MR) is 42.2 cm³/mol. The van der Waals surface area contributed by atoms with Crippen molar-refractivity contribution in [2.24, 2.45) is 5.73 Å². The molecule has 0 radical (unpaired) electrons. The standard InChI is InChI=1S/C6H12N4/c1-4(7)3-5(2)10-6(8)9/h3,7H,1-2H3,(H4,8,9,10)/b5-3-,7-4?. The van der Waals surface area contributed by atoms with Crippen LogP contribution in [0.2, 0.25) is 0 Å². The summed E-state index contributed by atoms with van der Waals surface area (Å²) in [6.07, 6.45) is 1.60. The van der Waals surface area contributed by atoms with Gasteiger partial charge in [0.1, 0.15) is 0 Å². The largest absolute Gasteiger partial charge is 0.370 e. The average molecular weight is 140 g/mol. The van der Waals surface area contributed by atoms with Gasteiger partial charge in [-0.15, -0.1) is 0 Å². The third-order valence-corrected chi connectivity index (χ3v) is 0.765. The lowest BCUT2D eigenvalue weighted by atomic mass is 10.3. The van der Waals surface area contributed by atoms with E-state index in [2.05, 4.69) is 5.32 Å². The van der Waals surface area contributed by atoms with Crippen molar-refractivity contribution < 1.29 is 0 Å². The molecule has 5 N–H and O–H groups in total. The Kier molecular flexibility index (Phi) is 3.17. The maximum Gasteiger partial charge on any atom is 0.189 e. The van der Waals surface area contributed by atoms with Gasteiger partial charge < -0.3 is 16.5 Å². The van der Waals surface area contributed by atoms with Gasteiger partial charge in [-0.3, -0.25) is 5.41 Å². The van der Waals surface area contributed by atoms with Crippen LogP contribution in [0.15, 0.2) is 11.8 Å². The van der Waals surface area contributed by atoms with E-state index in [1.807, 2.05) is 0 Å². The van der Waals surface area contributed by atoms with Crippen LogP contribution in [-0.2, 0) is 0 Å². The second-order valence-electron chi connectivity index (χ2n) is 2.05. The van der Waals surface area contributed by atoms with Gasteiger partial charge in [-0.1, -0.05) is 0 Å². The van der Waals surface area contributed by atoms with Gasteiger partial charge in [0.2, 0.25) is 0 Å². The van der Waals surface area contributed by atoms with Crippen LogP contribution < -0.4 is 11.1 Å². The van der Waals surface area contributed by atoms with E-state index in [4.69, 9.17) is 16.6 Å². The zero-order valence-corrected chi connectivity index (χ0v) is 6.15. The Labute approximate surface area is 60.1 Å². The van der Waals surface area contributed by atoms with Crippen LogP contribution >= 0.6 is 0 Å². The van der Waals surface area contributed by atoms with E-state index in [9.17, 15) is 0 Å². The number of nitrogens with two attached hydrogens (primary N) is 1. The zero-order chi connectivity index (χ0) is 8.15. The van der Waals surface area contributed by atoms with Gasteiger partial charge in [0.05, 0.1) is 0 Å². The Bertz CT molecular complexity index is 180. The number of guanidine groups is 1. The second kappa shape index (κ2) is 3.66. The highest BCUT2D eigenvalue weighted by Crippen LogP contribution is 1.85. The molecule has 0 saturated heterocycles. The van der Waals surface area contributed by atoms with Crippen molar-refractivity contribution >= 4 is 11.7 Å². The van der Waals surface area contributed by atoms with Gasteiger partial charge >= 0.3 is 0 Å². The van der Waals surface area contributed by atoms with Gasteiger partial charge in [-0.2, -0.15) is 0 Å². The lowest BCUT2D eigenvalue weighted by Crippen LogP contribution is -2.28. The Hall–Kier alpha value is -1.32. The summed E-state index contributed by atoms with van der Waals surface area (Å²) in [5, 5.41) is 16.4. The molecule has 0 spiro atoms. The molecule has 0 aliphatic heterocycles. The van der Waals surface area contributed by atoms with Crippen LogP contribution in [0, 0.1) is 10.8 Å². The van der Waals surface area contributed by atoms with E-state index in [-0.39, 0.29) is 5.96 Å². The molecule has 0 rings (SSSR count). The van der Waals surface area contributed by atoms with Gasteiger partial charge in [0, 0.05) is 11.4 Å². The van der Waals surface area contributed by atoms with Gasteiger partial charge in [-0.25, -0.2) is 0 Å². The van der Waals surface area contributed by atoms with Crippen LogP contribution in [0.25, 0.3) is 0 Å². The summed E-state index contributed by atoms with van der Waals surface area (Å²) in [4.78, 5) is 0.